The van der Waals surface area contributed by atoms with E-state index in [1.54, 1.807) is 19.1 Å². The van der Waals surface area contributed by atoms with E-state index in [-0.39, 0.29) is 11.5 Å². The van der Waals surface area contributed by atoms with Gasteiger partial charge in [0.05, 0.1) is 9.40 Å². The number of benzene rings is 1. The van der Waals surface area contributed by atoms with Crippen LogP contribution in [0.4, 0.5) is 21.6 Å². The van der Waals surface area contributed by atoms with Crippen molar-refractivity contribution in [2.45, 2.75) is 6.92 Å². The number of rotatable bonds is 3. The Hall–Kier alpha value is -2.02. The zero-order valence-corrected chi connectivity index (χ0v) is 11.4. The van der Waals surface area contributed by atoms with Crippen molar-refractivity contribution in [1.29, 1.82) is 0 Å². The molecule has 0 aliphatic rings. The Morgan fingerprint density at radius 2 is 2.00 bits per heavy atom. The van der Waals surface area contributed by atoms with E-state index in [9.17, 15) is 14.5 Å². The van der Waals surface area contributed by atoms with E-state index in [4.69, 9.17) is 0 Å². The number of nitro groups is 1. The van der Waals surface area contributed by atoms with Crippen LogP contribution < -0.4 is 5.32 Å². The minimum absolute atomic E-state index is 0.0588. The first-order valence-corrected chi connectivity index (χ1v) is 6.11. The number of aromatic nitrogens is 1. The molecule has 0 amide bonds. The zero-order valence-electron chi connectivity index (χ0n) is 9.85. The number of nitrogens with one attached hydrogen (secondary N) is 1. The zero-order chi connectivity index (χ0) is 14.0. The lowest BCUT2D eigenvalue weighted by Gasteiger charge is -2.08. The minimum atomic E-state index is -0.491. The van der Waals surface area contributed by atoms with Gasteiger partial charge in [-0.1, -0.05) is 0 Å². The maximum Gasteiger partial charge on any atom is 0.291 e. The number of aryl methyl sites for hydroxylation is 1. The lowest BCUT2D eigenvalue weighted by Crippen LogP contribution is -2.00. The van der Waals surface area contributed by atoms with Crippen LogP contribution in [0.1, 0.15) is 5.69 Å². The van der Waals surface area contributed by atoms with E-state index >= 15 is 0 Å². The van der Waals surface area contributed by atoms with Crippen molar-refractivity contribution in [3.63, 3.8) is 0 Å². The Morgan fingerprint density at radius 3 is 2.58 bits per heavy atom. The predicted octanol–water partition coefficient (Wildman–Crippen LogP) is 3.94. The van der Waals surface area contributed by atoms with E-state index in [2.05, 4.69) is 26.2 Å². The van der Waals surface area contributed by atoms with Crippen molar-refractivity contribution in [3.8, 4) is 0 Å². The third-order valence-corrected chi connectivity index (χ3v) is 3.05. The summed E-state index contributed by atoms with van der Waals surface area (Å²) >= 11 is 3.22. The second-order valence-electron chi connectivity index (χ2n) is 3.81. The third-order valence-electron chi connectivity index (χ3n) is 2.44. The van der Waals surface area contributed by atoms with Gasteiger partial charge in [-0.05, 0) is 47.1 Å². The summed E-state index contributed by atoms with van der Waals surface area (Å²) in [5.74, 6) is 0.104. The first kappa shape index (κ1) is 13.4. The van der Waals surface area contributed by atoms with Gasteiger partial charge < -0.3 is 5.32 Å². The normalized spacial score (nSPS) is 10.3. The Labute approximate surface area is 116 Å². The largest absolute Gasteiger partial charge is 0.339 e. The van der Waals surface area contributed by atoms with Crippen LogP contribution in [0.2, 0.25) is 0 Å². The van der Waals surface area contributed by atoms with Crippen molar-refractivity contribution in [1.82, 2.24) is 4.98 Å². The second kappa shape index (κ2) is 5.31. The number of anilines is 2. The maximum absolute atomic E-state index is 12.8. The molecule has 1 heterocycles. The highest BCUT2D eigenvalue weighted by molar-refractivity contribution is 9.10. The molecule has 0 radical (unpaired) electrons. The number of halogens is 2. The molecule has 2 aromatic rings. The molecule has 19 heavy (non-hydrogen) atoms. The fourth-order valence-electron chi connectivity index (χ4n) is 1.51. The smallest absolute Gasteiger partial charge is 0.291 e. The summed E-state index contributed by atoms with van der Waals surface area (Å²) < 4.78 is 13.2. The van der Waals surface area contributed by atoms with Crippen LogP contribution >= 0.6 is 15.9 Å². The first-order valence-electron chi connectivity index (χ1n) is 5.31. The van der Waals surface area contributed by atoms with Gasteiger partial charge in [0.2, 0.25) is 0 Å². The van der Waals surface area contributed by atoms with Crippen molar-refractivity contribution >= 4 is 33.1 Å². The fourth-order valence-corrected chi connectivity index (χ4v) is 1.92. The number of nitrogens with zero attached hydrogens (tertiary/aromatic N) is 2. The van der Waals surface area contributed by atoms with Crippen molar-refractivity contribution in [2.24, 2.45) is 0 Å². The molecule has 1 aromatic carbocycles. The molecule has 98 valence electrons. The van der Waals surface area contributed by atoms with Crippen LogP contribution in [-0.2, 0) is 0 Å². The summed E-state index contributed by atoms with van der Waals surface area (Å²) in [6.07, 6.45) is 0. The topological polar surface area (TPSA) is 68.1 Å². The second-order valence-corrected chi connectivity index (χ2v) is 4.67. The molecule has 1 aromatic heterocycles. The van der Waals surface area contributed by atoms with E-state index in [1.165, 1.54) is 18.2 Å². The van der Waals surface area contributed by atoms with Gasteiger partial charge in [0, 0.05) is 11.8 Å². The van der Waals surface area contributed by atoms with Crippen molar-refractivity contribution in [2.75, 3.05) is 5.32 Å². The summed E-state index contributed by atoms with van der Waals surface area (Å²) in [6.45, 7) is 1.56. The Kier molecular flexibility index (Phi) is 3.75. The van der Waals surface area contributed by atoms with Gasteiger partial charge in [-0.25, -0.2) is 9.37 Å². The average molecular weight is 326 g/mol. The van der Waals surface area contributed by atoms with Gasteiger partial charge in [0.25, 0.3) is 5.69 Å². The molecule has 7 heteroatoms. The minimum Gasteiger partial charge on any atom is -0.339 e. The number of pyridine rings is 1. The molecule has 0 saturated carbocycles. The lowest BCUT2D eigenvalue weighted by atomic mass is 10.3. The molecule has 0 bridgehead atoms. The Morgan fingerprint density at radius 1 is 1.37 bits per heavy atom. The van der Waals surface area contributed by atoms with Gasteiger partial charge >= 0.3 is 0 Å². The Balaban J connectivity index is 2.33. The number of hydrogen-bond acceptors (Lipinski definition) is 4. The molecule has 1 N–H and O–H groups in total. The first-order chi connectivity index (χ1) is 8.97. The molecular weight excluding hydrogens is 317 g/mol. The summed E-state index contributed by atoms with van der Waals surface area (Å²) in [6, 6.07) is 7.12. The molecule has 0 atom stereocenters. The molecule has 0 saturated heterocycles. The average Bonchev–Trinajstić information content (AvgIpc) is 2.35. The summed E-state index contributed by atoms with van der Waals surface area (Å²) in [5, 5.41) is 13.7. The van der Waals surface area contributed by atoms with E-state index in [0.29, 0.717) is 21.7 Å². The predicted molar refractivity (Wildman–Crippen MR) is 73.0 cm³/mol. The summed E-state index contributed by atoms with van der Waals surface area (Å²) in [4.78, 5) is 14.4. The molecule has 0 aliphatic heterocycles. The van der Waals surface area contributed by atoms with Gasteiger partial charge in [-0.2, -0.15) is 0 Å². The quantitative estimate of drug-likeness (QED) is 0.685. The third kappa shape index (κ3) is 3.05. The molecule has 0 unspecified atom stereocenters. The fraction of sp³-hybridized carbons (Fsp3) is 0.0833. The summed E-state index contributed by atoms with van der Waals surface area (Å²) in [5.41, 5.74) is 0.886. The van der Waals surface area contributed by atoms with Crippen LogP contribution in [0.25, 0.3) is 0 Å². The summed E-state index contributed by atoms with van der Waals surface area (Å²) in [7, 11) is 0. The van der Waals surface area contributed by atoms with E-state index < -0.39 is 4.92 Å². The van der Waals surface area contributed by atoms with Gasteiger partial charge in [-0.3, -0.25) is 10.1 Å². The number of hydrogen-bond donors (Lipinski definition) is 1. The molecule has 2 rings (SSSR count). The van der Waals surface area contributed by atoms with Gasteiger partial charge in [0.15, 0.2) is 0 Å². The van der Waals surface area contributed by atoms with Crippen molar-refractivity contribution < 1.29 is 9.31 Å². The van der Waals surface area contributed by atoms with Crippen LogP contribution in [-0.4, -0.2) is 9.91 Å². The molecule has 5 nitrogen and oxygen atoms in total. The molecular formula is C12H9BrFN3O2. The highest BCUT2D eigenvalue weighted by atomic mass is 79.9. The highest BCUT2D eigenvalue weighted by Gasteiger charge is 2.15. The standard InChI is InChI=1S/C12H9BrFN3O2/c1-7-11(17(18)19)6-10(13)12(15-7)16-9-4-2-8(14)3-5-9/h2-6H,1H3,(H,15,16). The lowest BCUT2D eigenvalue weighted by molar-refractivity contribution is -0.385. The van der Waals surface area contributed by atoms with Gasteiger partial charge in [0.1, 0.15) is 17.3 Å². The highest BCUT2D eigenvalue weighted by Crippen LogP contribution is 2.29. The Bertz CT molecular complexity index is 632. The molecule has 0 spiro atoms. The maximum atomic E-state index is 12.8. The monoisotopic (exact) mass is 325 g/mol. The van der Waals surface area contributed by atoms with Crippen LogP contribution in [0.3, 0.4) is 0 Å². The van der Waals surface area contributed by atoms with Crippen LogP contribution in [0, 0.1) is 22.9 Å². The van der Waals surface area contributed by atoms with Crippen LogP contribution in [0.15, 0.2) is 34.8 Å². The van der Waals surface area contributed by atoms with E-state index in [1.807, 2.05) is 0 Å². The van der Waals surface area contributed by atoms with E-state index in [0.717, 1.165) is 0 Å². The van der Waals surface area contributed by atoms with Crippen molar-refractivity contribution in [3.05, 3.63) is 56.4 Å². The SMILES string of the molecule is Cc1nc(Nc2ccc(F)cc2)c(Br)cc1[N+](=O)[O-]. The molecule has 0 aliphatic carbocycles. The molecule has 0 fully saturated rings. The van der Waals surface area contributed by atoms with Gasteiger partial charge in [-0.15, -0.1) is 0 Å². The van der Waals surface area contributed by atoms with Crippen LogP contribution in [0.5, 0.6) is 0 Å².